The molecule has 4 aliphatic carbocycles. The van der Waals surface area contributed by atoms with Crippen molar-refractivity contribution < 1.29 is 19.7 Å². The van der Waals surface area contributed by atoms with Gasteiger partial charge >= 0.3 is 0 Å². The quantitative estimate of drug-likeness (QED) is 0.327. The molecule has 3 N–H and O–H groups in total. The Balaban J connectivity index is 1.26. The summed E-state index contributed by atoms with van der Waals surface area (Å²) in [5.74, 6) is 0.452. The van der Waals surface area contributed by atoms with Crippen molar-refractivity contribution in [3.8, 4) is 0 Å². The highest BCUT2D eigenvalue weighted by Crippen LogP contribution is 2.69. The third kappa shape index (κ3) is 3.13. The maximum atomic E-state index is 12.7. The van der Waals surface area contributed by atoms with Gasteiger partial charge in [0.05, 0.1) is 22.9 Å². The molecule has 0 amide bonds. The second-order valence-electron chi connectivity index (χ2n) is 15.7. The SMILES string of the molecule is C=C(C)[C@H]1O[C@H]2CC[C@@]3(C)[C@@](O)(CC[C@H]4Cc5c([nH]c6cc7c(cc56)C=C5C7=CC(C)(C)OC5(C)C)[C@@]43C)C2=C[C@H]1O. The zero-order valence-electron chi connectivity index (χ0n) is 26.1. The number of fused-ring (bicyclic) bond motifs is 12. The lowest BCUT2D eigenvalue weighted by Crippen LogP contribution is -2.67. The van der Waals surface area contributed by atoms with E-state index in [4.69, 9.17) is 9.47 Å². The number of aliphatic hydroxyl groups excluding tert-OH is 1. The minimum absolute atomic E-state index is 0.179. The van der Waals surface area contributed by atoms with Crippen LogP contribution >= 0.6 is 0 Å². The van der Waals surface area contributed by atoms with Gasteiger partial charge in [-0.3, -0.25) is 0 Å². The lowest BCUT2D eigenvalue weighted by Gasteiger charge is -2.65. The third-order valence-electron chi connectivity index (χ3n) is 12.5. The fourth-order valence-corrected chi connectivity index (χ4v) is 10.4. The molecule has 2 fully saturated rings. The standard InChI is InChI=1S/C37H45NO4/c1-19(2)31-29(39)17-27-30(41-31)10-11-35(7)36(8)21(9-12-37(27,35)40)15-24-23-13-20-14-26-25(18-33(3,4)42-34(26,5)6)22(20)16-28(23)38-32(24)36/h13-14,16-18,21,29-31,38-40H,1,9-12,15H2,2-8H3/t21-,29+,30-,31+,35+,36+,37+/m0/s1. The average molecular weight is 568 g/mol. The summed E-state index contributed by atoms with van der Waals surface area (Å²) in [5.41, 5.74) is 8.36. The molecule has 2 saturated carbocycles. The van der Waals surface area contributed by atoms with E-state index in [1.54, 1.807) is 0 Å². The van der Waals surface area contributed by atoms with E-state index >= 15 is 0 Å². The minimum Gasteiger partial charge on any atom is -0.386 e. The van der Waals surface area contributed by atoms with E-state index in [2.05, 4.69) is 77.4 Å². The Morgan fingerprint density at radius 3 is 2.57 bits per heavy atom. The van der Waals surface area contributed by atoms with E-state index in [0.717, 1.165) is 36.8 Å². The fraction of sp³-hybridized carbons (Fsp3) is 0.568. The molecule has 0 bridgehead atoms. The number of benzene rings is 1. The first-order chi connectivity index (χ1) is 19.6. The van der Waals surface area contributed by atoms with Crippen molar-refractivity contribution in [3.05, 3.63) is 70.0 Å². The average Bonchev–Trinajstić information content (AvgIpc) is 3.52. The molecule has 3 heterocycles. The molecule has 0 saturated heterocycles. The first kappa shape index (κ1) is 27.1. The maximum Gasteiger partial charge on any atom is 0.108 e. The fourth-order valence-electron chi connectivity index (χ4n) is 10.4. The molecule has 42 heavy (non-hydrogen) atoms. The van der Waals surface area contributed by atoms with Crippen molar-refractivity contribution >= 4 is 22.6 Å². The molecule has 222 valence electrons. The van der Waals surface area contributed by atoms with Crippen molar-refractivity contribution in [2.45, 2.75) is 121 Å². The molecule has 0 radical (unpaired) electrons. The van der Waals surface area contributed by atoms with Gasteiger partial charge < -0.3 is 24.7 Å². The number of nitrogens with one attached hydrogen (secondary N) is 1. The Morgan fingerprint density at radius 2 is 1.83 bits per heavy atom. The van der Waals surface area contributed by atoms with Crippen LogP contribution in [0.15, 0.2) is 47.6 Å². The number of hydrogen-bond acceptors (Lipinski definition) is 4. The molecule has 1 aromatic heterocycles. The van der Waals surface area contributed by atoms with Crippen molar-refractivity contribution in [3.63, 3.8) is 0 Å². The van der Waals surface area contributed by atoms with Gasteiger partial charge in [-0.15, -0.1) is 0 Å². The molecule has 5 heteroatoms. The van der Waals surface area contributed by atoms with Gasteiger partial charge in [-0.2, -0.15) is 0 Å². The minimum atomic E-state index is -1.04. The van der Waals surface area contributed by atoms with Crippen LogP contribution in [-0.4, -0.2) is 50.3 Å². The van der Waals surface area contributed by atoms with Gasteiger partial charge in [0.15, 0.2) is 0 Å². The van der Waals surface area contributed by atoms with Crippen LogP contribution in [0.2, 0.25) is 0 Å². The maximum absolute atomic E-state index is 12.7. The molecule has 0 spiro atoms. The summed E-state index contributed by atoms with van der Waals surface area (Å²) in [6.07, 6.45) is 9.52. The van der Waals surface area contributed by atoms with Crippen LogP contribution in [0.5, 0.6) is 0 Å². The highest BCUT2D eigenvalue weighted by atomic mass is 16.5. The van der Waals surface area contributed by atoms with Gasteiger partial charge in [-0.1, -0.05) is 20.4 Å². The third-order valence-corrected chi connectivity index (χ3v) is 12.5. The second-order valence-corrected chi connectivity index (χ2v) is 15.7. The van der Waals surface area contributed by atoms with Crippen LogP contribution < -0.4 is 0 Å². The number of hydrogen-bond donors (Lipinski definition) is 3. The molecule has 7 atom stereocenters. The molecule has 1 aromatic carbocycles. The lowest BCUT2D eigenvalue weighted by atomic mass is 9.42. The summed E-state index contributed by atoms with van der Waals surface area (Å²) in [6.45, 7) is 19.3. The number of rotatable bonds is 1. The van der Waals surface area contributed by atoms with Crippen LogP contribution in [0.25, 0.3) is 22.6 Å². The van der Waals surface area contributed by atoms with Crippen LogP contribution in [0.3, 0.4) is 0 Å². The second kappa shape index (κ2) is 7.98. The van der Waals surface area contributed by atoms with Crippen LogP contribution in [-0.2, 0) is 21.3 Å². The smallest absolute Gasteiger partial charge is 0.108 e. The molecule has 8 rings (SSSR count). The van der Waals surface area contributed by atoms with E-state index in [-0.39, 0.29) is 22.7 Å². The van der Waals surface area contributed by atoms with Crippen molar-refractivity contribution in [2.75, 3.05) is 0 Å². The molecule has 2 aliphatic heterocycles. The van der Waals surface area contributed by atoms with E-state index in [9.17, 15) is 10.2 Å². The Morgan fingerprint density at radius 1 is 1.07 bits per heavy atom. The summed E-state index contributed by atoms with van der Waals surface area (Å²) in [7, 11) is 0. The summed E-state index contributed by atoms with van der Waals surface area (Å²) < 4.78 is 12.9. The van der Waals surface area contributed by atoms with Crippen molar-refractivity contribution in [1.82, 2.24) is 4.98 Å². The highest BCUT2D eigenvalue weighted by molar-refractivity contribution is 6.02. The summed E-state index contributed by atoms with van der Waals surface area (Å²) in [4.78, 5) is 3.96. The van der Waals surface area contributed by atoms with Gasteiger partial charge in [0.1, 0.15) is 12.2 Å². The number of aliphatic hydroxyl groups is 2. The summed E-state index contributed by atoms with van der Waals surface area (Å²) in [6, 6.07) is 4.75. The Kier molecular flexibility index (Phi) is 5.16. The lowest BCUT2D eigenvalue weighted by molar-refractivity contribution is -0.185. The number of ether oxygens (including phenoxy) is 2. The first-order valence-corrected chi connectivity index (χ1v) is 15.9. The van der Waals surface area contributed by atoms with Gasteiger partial charge in [-0.05, 0) is 142 Å². The topological polar surface area (TPSA) is 74.7 Å². The zero-order chi connectivity index (χ0) is 29.8. The van der Waals surface area contributed by atoms with E-state index in [1.807, 2.05) is 13.0 Å². The Bertz CT molecular complexity index is 1680. The van der Waals surface area contributed by atoms with Crippen molar-refractivity contribution in [2.24, 2.45) is 11.3 Å². The number of H-pyrrole nitrogens is 1. The Hall–Kier alpha value is -2.44. The first-order valence-electron chi connectivity index (χ1n) is 15.9. The van der Waals surface area contributed by atoms with Gasteiger partial charge in [-0.25, -0.2) is 0 Å². The van der Waals surface area contributed by atoms with Gasteiger partial charge in [0.2, 0.25) is 0 Å². The predicted molar refractivity (Wildman–Crippen MR) is 167 cm³/mol. The monoisotopic (exact) mass is 567 g/mol. The normalized spacial score (nSPS) is 40.5. The summed E-state index contributed by atoms with van der Waals surface area (Å²) >= 11 is 0. The number of aromatic amines is 1. The molecular weight excluding hydrogens is 522 g/mol. The summed E-state index contributed by atoms with van der Waals surface area (Å²) in [5, 5.41) is 25.1. The molecule has 6 aliphatic rings. The predicted octanol–water partition coefficient (Wildman–Crippen LogP) is 6.92. The molecule has 0 unspecified atom stereocenters. The molecule has 2 aromatic rings. The van der Waals surface area contributed by atoms with Crippen molar-refractivity contribution in [1.29, 1.82) is 0 Å². The Labute approximate surface area is 249 Å². The van der Waals surface area contributed by atoms with Crippen LogP contribution in [0.4, 0.5) is 0 Å². The van der Waals surface area contributed by atoms with E-state index in [1.165, 1.54) is 44.4 Å². The molecular formula is C37H45NO4. The molecule has 5 nitrogen and oxygen atoms in total. The van der Waals surface area contributed by atoms with E-state index in [0.29, 0.717) is 12.3 Å². The highest BCUT2D eigenvalue weighted by Gasteiger charge is 2.70. The largest absolute Gasteiger partial charge is 0.386 e. The zero-order valence-corrected chi connectivity index (χ0v) is 26.1. The van der Waals surface area contributed by atoms with Crippen LogP contribution in [0.1, 0.15) is 96.5 Å². The van der Waals surface area contributed by atoms with Crippen LogP contribution in [0, 0.1) is 11.3 Å². The van der Waals surface area contributed by atoms with E-state index < -0.39 is 23.2 Å². The van der Waals surface area contributed by atoms with Gasteiger partial charge in [0, 0.05) is 27.4 Å². The number of aromatic nitrogens is 1. The van der Waals surface area contributed by atoms with Gasteiger partial charge in [0.25, 0.3) is 0 Å².